The topological polar surface area (TPSA) is 40.2 Å². The van der Waals surface area contributed by atoms with Gasteiger partial charge in [-0.05, 0) is 26.1 Å². The van der Waals surface area contributed by atoms with Crippen molar-refractivity contribution >= 4 is 34.8 Å². The largest absolute Gasteiger partial charge is 0.369 e. The Bertz CT molecular complexity index is 394. The third-order valence-electron chi connectivity index (χ3n) is 2.89. The van der Waals surface area contributed by atoms with Crippen LogP contribution < -0.4 is 10.6 Å². The summed E-state index contributed by atoms with van der Waals surface area (Å²) >= 11 is 12.2. The van der Waals surface area contributed by atoms with Gasteiger partial charge in [0.15, 0.2) is 0 Å². The molecule has 1 aromatic rings. The summed E-state index contributed by atoms with van der Waals surface area (Å²) in [5.74, 6) is 1.34. The molecule has 0 aliphatic rings. The van der Waals surface area contributed by atoms with E-state index in [1.54, 1.807) is 6.07 Å². The maximum absolute atomic E-state index is 6.13. The van der Waals surface area contributed by atoms with E-state index in [4.69, 9.17) is 23.2 Å². The fraction of sp³-hybridized carbons (Fsp3) is 0.615. The highest BCUT2D eigenvalue weighted by atomic mass is 35.5. The van der Waals surface area contributed by atoms with Crippen molar-refractivity contribution in [3.8, 4) is 0 Å². The van der Waals surface area contributed by atoms with E-state index in [9.17, 15) is 0 Å². The first-order valence-corrected chi connectivity index (χ1v) is 7.44. The molecule has 2 N–H and O–H groups in total. The number of nitrogens with one attached hydrogen (secondary N) is 2. The zero-order valence-corrected chi connectivity index (χ0v) is 13.3. The Morgan fingerprint density at radius 1 is 1.05 bits per heavy atom. The number of halogens is 2. The number of hydrogen-bond acceptors (Lipinski definition) is 4. The second-order valence-electron chi connectivity index (χ2n) is 4.13. The molecule has 0 radical (unpaired) electrons. The van der Waals surface area contributed by atoms with Crippen LogP contribution in [0.3, 0.4) is 0 Å². The van der Waals surface area contributed by atoms with Crippen molar-refractivity contribution in [1.82, 2.24) is 9.88 Å². The average Bonchev–Trinajstić information content (AvgIpc) is 2.39. The van der Waals surface area contributed by atoms with Crippen LogP contribution in [-0.2, 0) is 0 Å². The Kier molecular flexibility index (Phi) is 7.28. The fourth-order valence-corrected chi connectivity index (χ4v) is 2.25. The third-order valence-corrected chi connectivity index (χ3v) is 3.46. The molecular formula is C13H22Cl2N4. The summed E-state index contributed by atoms with van der Waals surface area (Å²) in [6, 6.07) is 1.72. The van der Waals surface area contributed by atoms with Crippen LogP contribution in [0.15, 0.2) is 6.07 Å². The maximum Gasteiger partial charge on any atom is 0.147 e. The van der Waals surface area contributed by atoms with Crippen LogP contribution in [0.2, 0.25) is 10.0 Å². The first-order chi connectivity index (χ1) is 9.12. The lowest BCUT2D eigenvalue weighted by Gasteiger charge is -2.18. The first-order valence-electron chi connectivity index (χ1n) is 6.68. The van der Waals surface area contributed by atoms with Gasteiger partial charge in [-0.15, -0.1) is 0 Å². The number of likely N-dealkylation sites (N-methyl/N-ethyl adjacent to an activating group) is 1. The second-order valence-corrected chi connectivity index (χ2v) is 4.95. The van der Waals surface area contributed by atoms with E-state index in [-0.39, 0.29) is 0 Å². The fourth-order valence-electron chi connectivity index (χ4n) is 1.75. The summed E-state index contributed by atoms with van der Waals surface area (Å²) in [5, 5.41) is 7.46. The molecule has 0 bridgehead atoms. The van der Waals surface area contributed by atoms with Crippen molar-refractivity contribution in [3.63, 3.8) is 0 Å². The van der Waals surface area contributed by atoms with Crippen LogP contribution in [-0.4, -0.2) is 42.6 Å². The SMILES string of the molecule is CCNc1nc(NCCN(CC)CC)c(Cl)cc1Cl. The summed E-state index contributed by atoms with van der Waals surface area (Å²) in [6.45, 7) is 10.9. The lowest BCUT2D eigenvalue weighted by molar-refractivity contribution is 0.316. The Balaban J connectivity index is 2.64. The molecule has 0 unspecified atom stereocenters. The molecular weight excluding hydrogens is 283 g/mol. The highest BCUT2D eigenvalue weighted by Gasteiger charge is 2.08. The van der Waals surface area contributed by atoms with Crippen LogP contribution >= 0.6 is 23.2 Å². The number of nitrogens with zero attached hydrogens (tertiary/aromatic N) is 2. The first kappa shape index (κ1) is 16.3. The smallest absolute Gasteiger partial charge is 0.147 e. The predicted molar refractivity (Wildman–Crippen MR) is 84.7 cm³/mol. The molecule has 6 heteroatoms. The Hall–Kier alpha value is -0.710. The van der Waals surface area contributed by atoms with Crippen molar-refractivity contribution < 1.29 is 0 Å². The molecule has 0 spiro atoms. The van der Waals surface area contributed by atoms with E-state index >= 15 is 0 Å². The molecule has 4 nitrogen and oxygen atoms in total. The van der Waals surface area contributed by atoms with Gasteiger partial charge in [0.2, 0.25) is 0 Å². The van der Waals surface area contributed by atoms with Gasteiger partial charge in [0, 0.05) is 19.6 Å². The Labute approximate surface area is 125 Å². The average molecular weight is 305 g/mol. The third kappa shape index (κ3) is 5.05. The van der Waals surface area contributed by atoms with Crippen LogP contribution in [0.1, 0.15) is 20.8 Å². The molecule has 1 rings (SSSR count). The Morgan fingerprint density at radius 2 is 1.63 bits per heavy atom. The summed E-state index contributed by atoms with van der Waals surface area (Å²) < 4.78 is 0. The van der Waals surface area contributed by atoms with Crippen molar-refractivity contribution in [2.45, 2.75) is 20.8 Å². The lowest BCUT2D eigenvalue weighted by atomic mass is 10.4. The summed E-state index contributed by atoms with van der Waals surface area (Å²) in [6.07, 6.45) is 0. The van der Waals surface area contributed by atoms with E-state index in [2.05, 4.69) is 34.4 Å². The lowest BCUT2D eigenvalue weighted by Crippen LogP contribution is -2.28. The van der Waals surface area contributed by atoms with Crippen LogP contribution in [0, 0.1) is 0 Å². The van der Waals surface area contributed by atoms with Crippen molar-refractivity contribution in [2.75, 3.05) is 43.4 Å². The van der Waals surface area contributed by atoms with Gasteiger partial charge in [-0.2, -0.15) is 0 Å². The van der Waals surface area contributed by atoms with Gasteiger partial charge in [0.05, 0.1) is 10.0 Å². The highest BCUT2D eigenvalue weighted by molar-refractivity contribution is 6.37. The molecule has 19 heavy (non-hydrogen) atoms. The molecule has 0 aromatic carbocycles. The summed E-state index contributed by atoms with van der Waals surface area (Å²) in [7, 11) is 0. The van der Waals surface area contributed by atoms with Crippen molar-refractivity contribution in [1.29, 1.82) is 0 Å². The second kappa shape index (κ2) is 8.46. The van der Waals surface area contributed by atoms with Gasteiger partial charge < -0.3 is 15.5 Å². The van der Waals surface area contributed by atoms with Crippen molar-refractivity contribution in [2.24, 2.45) is 0 Å². The monoisotopic (exact) mass is 304 g/mol. The summed E-state index contributed by atoms with van der Waals surface area (Å²) in [5.41, 5.74) is 0. The van der Waals surface area contributed by atoms with Gasteiger partial charge in [0.25, 0.3) is 0 Å². The number of rotatable bonds is 8. The zero-order chi connectivity index (χ0) is 14.3. The minimum atomic E-state index is 0.543. The number of anilines is 2. The van der Waals surface area contributed by atoms with Crippen LogP contribution in [0.25, 0.3) is 0 Å². The molecule has 0 fully saturated rings. The molecule has 0 amide bonds. The van der Waals surface area contributed by atoms with Gasteiger partial charge in [-0.1, -0.05) is 37.0 Å². The standard InChI is InChI=1S/C13H22Cl2N4/c1-4-16-12-10(14)9-11(15)13(18-12)17-7-8-19(5-2)6-3/h9H,4-8H2,1-3H3,(H2,16,17,18). The molecule has 0 aliphatic heterocycles. The van der Waals surface area contributed by atoms with Crippen molar-refractivity contribution in [3.05, 3.63) is 16.1 Å². The van der Waals surface area contributed by atoms with Gasteiger partial charge in [-0.25, -0.2) is 4.98 Å². The van der Waals surface area contributed by atoms with Crippen LogP contribution in [0.5, 0.6) is 0 Å². The summed E-state index contributed by atoms with van der Waals surface area (Å²) in [4.78, 5) is 6.74. The maximum atomic E-state index is 6.13. The molecule has 0 saturated heterocycles. The zero-order valence-electron chi connectivity index (χ0n) is 11.8. The molecule has 108 valence electrons. The minimum absolute atomic E-state index is 0.543. The van der Waals surface area contributed by atoms with E-state index in [0.717, 1.165) is 32.7 Å². The molecule has 0 aliphatic carbocycles. The van der Waals surface area contributed by atoms with Gasteiger partial charge >= 0.3 is 0 Å². The number of pyridine rings is 1. The molecule has 1 aromatic heterocycles. The van der Waals surface area contributed by atoms with Gasteiger partial charge in [0.1, 0.15) is 11.6 Å². The van der Waals surface area contributed by atoms with Gasteiger partial charge in [-0.3, -0.25) is 0 Å². The van der Waals surface area contributed by atoms with E-state index < -0.39 is 0 Å². The normalized spacial score (nSPS) is 10.8. The number of hydrogen-bond donors (Lipinski definition) is 2. The number of aromatic nitrogens is 1. The predicted octanol–water partition coefficient (Wildman–Crippen LogP) is 3.57. The highest BCUT2D eigenvalue weighted by Crippen LogP contribution is 2.28. The Morgan fingerprint density at radius 3 is 2.16 bits per heavy atom. The molecule has 0 atom stereocenters. The van der Waals surface area contributed by atoms with Crippen LogP contribution in [0.4, 0.5) is 11.6 Å². The van der Waals surface area contributed by atoms with E-state index in [0.29, 0.717) is 21.7 Å². The molecule has 1 heterocycles. The van der Waals surface area contributed by atoms with E-state index in [1.165, 1.54) is 0 Å². The minimum Gasteiger partial charge on any atom is -0.369 e. The quantitative estimate of drug-likeness (QED) is 0.770. The molecule has 0 saturated carbocycles. The van der Waals surface area contributed by atoms with E-state index in [1.807, 2.05) is 6.92 Å².